The van der Waals surface area contributed by atoms with E-state index in [-0.39, 0.29) is 10.8 Å². The highest BCUT2D eigenvalue weighted by Gasteiger charge is 2.46. The number of rotatable bonds is 0. The van der Waals surface area contributed by atoms with Crippen LogP contribution in [0.25, 0.3) is 48.9 Å². The fraction of sp³-hybridized carbons (Fsp3) is 0.565. The zero-order chi connectivity index (χ0) is 32.9. The summed E-state index contributed by atoms with van der Waals surface area (Å²) < 4.78 is 2.68. The highest BCUT2D eigenvalue weighted by Crippen LogP contribution is 2.61. The van der Waals surface area contributed by atoms with Gasteiger partial charge in [-0.2, -0.15) is 0 Å². The third kappa shape index (κ3) is 3.61. The number of hydrogen-bond donors (Lipinski definition) is 0. The fourth-order valence-electron chi connectivity index (χ4n) is 13.6. The third-order valence-corrected chi connectivity index (χ3v) is 15.2. The van der Waals surface area contributed by atoms with Gasteiger partial charge in [-0.3, -0.25) is 9.97 Å². The molecule has 4 saturated carbocycles. The molecule has 8 bridgehead atoms. The van der Waals surface area contributed by atoms with E-state index in [2.05, 4.69) is 76.5 Å². The topological polar surface area (TPSA) is 30.2 Å². The number of aromatic nitrogens is 3. The second-order valence-electron chi connectivity index (χ2n) is 20.3. The molecule has 0 amide bonds. The van der Waals surface area contributed by atoms with Crippen LogP contribution in [0.3, 0.4) is 0 Å². The fourth-order valence-corrected chi connectivity index (χ4v) is 13.6. The first-order chi connectivity index (χ1) is 23.5. The summed E-state index contributed by atoms with van der Waals surface area (Å²) in [7, 11) is 0. The van der Waals surface area contributed by atoms with Crippen molar-refractivity contribution in [1.82, 2.24) is 14.4 Å². The molecular weight excluding hydrogens is 595 g/mol. The van der Waals surface area contributed by atoms with Gasteiger partial charge in [0, 0.05) is 44.8 Å². The number of nitrogens with zero attached hydrogens (tertiary/aromatic N) is 3. The van der Waals surface area contributed by atoms with Crippen LogP contribution < -0.4 is 0 Å². The van der Waals surface area contributed by atoms with E-state index in [0.717, 1.165) is 23.7 Å². The molecule has 4 unspecified atom stereocenters. The zero-order valence-electron chi connectivity index (χ0n) is 30.4. The normalized spacial score (nSPS) is 31.9. The van der Waals surface area contributed by atoms with E-state index in [0.29, 0.717) is 23.7 Å². The number of fused-ring (bicyclic) bond motifs is 8. The average molecular weight is 646 g/mol. The van der Waals surface area contributed by atoms with E-state index in [9.17, 15) is 0 Å². The van der Waals surface area contributed by atoms with Gasteiger partial charge in [0.2, 0.25) is 0 Å². The van der Waals surface area contributed by atoms with Crippen LogP contribution in [0.2, 0.25) is 0 Å². The molecule has 14 rings (SSSR count). The molecule has 6 aromatic rings. The van der Waals surface area contributed by atoms with Crippen LogP contribution in [0.5, 0.6) is 0 Å². The Hall–Kier alpha value is -3.20. The van der Waals surface area contributed by atoms with Gasteiger partial charge >= 0.3 is 0 Å². The smallest absolute Gasteiger partial charge is 0.0728 e. The van der Waals surface area contributed by atoms with Crippen molar-refractivity contribution < 1.29 is 0 Å². The first kappa shape index (κ1) is 28.5. The lowest BCUT2D eigenvalue weighted by Crippen LogP contribution is -2.25. The quantitative estimate of drug-likeness (QED) is 0.165. The van der Waals surface area contributed by atoms with E-state index in [1.54, 1.807) is 21.9 Å². The average Bonchev–Trinajstić information content (AvgIpc) is 3.42. The minimum atomic E-state index is 0.0307. The molecule has 3 heteroatoms. The van der Waals surface area contributed by atoms with Crippen molar-refractivity contribution in [2.45, 2.75) is 140 Å². The van der Waals surface area contributed by atoms with Crippen LogP contribution in [0.4, 0.5) is 0 Å². The Labute approximate surface area is 290 Å². The SMILES string of the molecule is CC(C)(C)c1cc(C(C)(C)C)c2cc3c4c5c(ncc4n4c6cnc7c(c6c(c2c1)c34)C1CC2CC(CC7C2)C1)C1CC2CC(C1)CC5C2. The van der Waals surface area contributed by atoms with Gasteiger partial charge in [-0.15, -0.1) is 0 Å². The van der Waals surface area contributed by atoms with Crippen LogP contribution in [0, 0.1) is 23.7 Å². The van der Waals surface area contributed by atoms with Crippen molar-refractivity contribution in [2.24, 2.45) is 23.7 Å². The molecule has 8 aliphatic carbocycles. The molecule has 250 valence electrons. The molecule has 4 fully saturated rings. The lowest BCUT2D eigenvalue weighted by molar-refractivity contribution is 0.165. The van der Waals surface area contributed by atoms with E-state index in [4.69, 9.17) is 9.97 Å². The second-order valence-corrected chi connectivity index (χ2v) is 20.3. The van der Waals surface area contributed by atoms with E-state index in [1.807, 2.05) is 0 Å². The largest absolute Gasteiger partial charge is 0.305 e. The second kappa shape index (κ2) is 8.99. The summed E-state index contributed by atoms with van der Waals surface area (Å²) in [5.74, 6) is 6.11. The van der Waals surface area contributed by atoms with Crippen LogP contribution in [0.15, 0.2) is 30.6 Å². The highest BCUT2D eigenvalue weighted by molar-refractivity contribution is 6.32. The molecule has 0 saturated heterocycles. The predicted octanol–water partition coefficient (Wildman–Crippen LogP) is 12.2. The maximum Gasteiger partial charge on any atom is 0.0728 e. The Kier molecular flexibility index (Phi) is 5.22. The Morgan fingerprint density at radius 1 is 0.510 bits per heavy atom. The Morgan fingerprint density at radius 2 is 1.02 bits per heavy atom. The minimum absolute atomic E-state index is 0.0307. The zero-order valence-corrected chi connectivity index (χ0v) is 30.4. The molecular formula is C46H51N3. The molecule has 3 nitrogen and oxygen atoms in total. The molecule has 8 aliphatic rings. The summed E-state index contributed by atoms with van der Waals surface area (Å²) in [6.07, 6.45) is 18.4. The Bertz CT molecular complexity index is 2400. The van der Waals surface area contributed by atoms with Crippen molar-refractivity contribution in [3.05, 3.63) is 64.2 Å². The molecule has 4 atom stereocenters. The van der Waals surface area contributed by atoms with Gasteiger partial charge in [-0.05, 0) is 156 Å². The monoisotopic (exact) mass is 645 g/mol. The molecule has 4 aromatic heterocycles. The van der Waals surface area contributed by atoms with Crippen molar-refractivity contribution in [3.63, 3.8) is 0 Å². The standard InChI is InChI=1S/C46H51N3/c1-45(2,3)30-17-32-31(34(18-30)46(4,5)6)19-33-39-35(20-47-42-28-13-22-7-23(14-28)10-26(9-22)37(39)42)49-36-21-48-43-29-15-24-8-25(16-29)12-27(11-24)38(43)41(36)40(32)44(33)49/h17-29H,7-16H2,1-6H3. The van der Waals surface area contributed by atoms with Crippen LogP contribution >= 0.6 is 0 Å². The first-order valence-electron chi connectivity index (χ1n) is 20.0. The number of hydrogen-bond acceptors (Lipinski definition) is 2. The van der Waals surface area contributed by atoms with Gasteiger partial charge in [-0.1, -0.05) is 47.6 Å². The van der Waals surface area contributed by atoms with Gasteiger partial charge in [0.1, 0.15) is 0 Å². The van der Waals surface area contributed by atoms with E-state index >= 15 is 0 Å². The molecule has 0 N–H and O–H groups in total. The van der Waals surface area contributed by atoms with Crippen molar-refractivity contribution >= 4 is 48.9 Å². The van der Waals surface area contributed by atoms with Crippen molar-refractivity contribution in [2.75, 3.05) is 0 Å². The van der Waals surface area contributed by atoms with Gasteiger partial charge in [0.05, 0.1) is 28.9 Å². The first-order valence-corrected chi connectivity index (χ1v) is 20.0. The molecule has 0 radical (unpaired) electrons. The molecule has 49 heavy (non-hydrogen) atoms. The lowest BCUT2D eigenvalue weighted by Gasteiger charge is -2.38. The molecule has 0 aliphatic heterocycles. The lowest BCUT2D eigenvalue weighted by atomic mass is 9.67. The van der Waals surface area contributed by atoms with E-state index < -0.39 is 0 Å². The third-order valence-electron chi connectivity index (χ3n) is 15.2. The van der Waals surface area contributed by atoms with Crippen LogP contribution in [0.1, 0.15) is 163 Å². The van der Waals surface area contributed by atoms with Gasteiger partial charge in [0.25, 0.3) is 0 Å². The predicted molar refractivity (Wildman–Crippen MR) is 203 cm³/mol. The summed E-state index contributed by atoms with van der Waals surface area (Å²) in [6, 6.07) is 7.86. The maximum atomic E-state index is 5.53. The summed E-state index contributed by atoms with van der Waals surface area (Å²) in [5.41, 5.74) is 13.4. The van der Waals surface area contributed by atoms with Gasteiger partial charge in [0.15, 0.2) is 0 Å². The van der Waals surface area contributed by atoms with Gasteiger partial charge < -0.3 is 4.40 Å². The summed E-state index contributed by atoms with van der Waals surface area (Å²) in [5, 5.41) is 9.08. The molecule has 0 spiro atoms. The highest BCUT2D eigenvalue weighted by atomic mass is 14.9. The van der Waals surface area contributed by atoms with Crippen LogP contribution in [-0.4, -0.2) is 14.4 Å². The Balaban J connectivity index is 1.31. The molecule has 2 aromatic carbocycles. The Morgan fingerprint density at radius 3 is 1.55 bits per heavy atom. The molecule has 4 heterocycles. The number of pyridine rings is 2. The van der Waals surface area contributed by atoms with Crippen LogP contribution in [-0.2, 0) is 10.8 Å². The van der Waals surface area contributed by atoms with Crippen molar-refractivity contribution in [1.29, 1.82) is 0 Å². The summed E-state index contributed by atoms with van der Waals surface area (Å²) in [6.45, 7) is 14.5. The summed E-state index contributed by atoms with van der Waals surface area (Å²) >= 11 is 0. The van der Waals surface area contributed by atoms with Gasteiger partial charge in [-0.25, -0.2) is 0 Å². The van der Waals surface area contributed by atoms with Crippen molar-refractivity contribution in [3.8, 4) is 0 Å². The maximum absolute atomic E-state index is 5.53. The summed E-state index contributed by atoms with van der Waals surface area (Å²) in [4.78, 5) is 11.0. The minimum Gasteiger partial charge on any atom is -0.305 e. The van der Waals surface area contributed by atoms with E-state index in [1.165, 1.54) is 125 Å². The number of benzene rings is 2.